The van der Waals surface area contributed by atoms with Gasteiger partial charge in [0.25, 0.3) is 5.91 Å². The van der Waals surface area contributed by atoms with E-state index in [1.807, 2.05) is 0 Å². The Morgan fingerprint density at radius 3 is 2.76 bits per heavy atom. The standard InChI is InChI=1S/C14H15FN2O4/c15-8-11(14(20)21)16-13(19)9-3-1-4-10(7-9)17-6-2-5-12(17)18/h1,3-4,7,11H,2,5-6,8H2,(H,16,19)(H,20,21). The van der Waals surface area contributed by atoms with Crippen molar-refractivity contribution in [3.63, 3.8) is 0 Å². The SMILES string of the molecule is O=C(NC(CF)C(=O)O)c1cccc(N2CCCC2=O)c1. The highest BCUT2D eigenvalue weighted by molar-refractivity contribution is 6.00. The number of carbonyl (C=O) groups is 3. The summed E-state index contributed by atoms with van der Waals surface area (Å²) >= 11 is 0. The van der Waals surface area contributed by atoms with Crippen LogP contribution in [-0.4, -0.2) is 42.2 Å². The molecule has 1 saturated heterocycles. The maximum absolute atomic E-state index is 12.5. The van der Waals surface area contributed by atoms with Gasteiger partial charge in [-0.3, -0.25) is 9.59 Å². The second-order valence-corrected chi connectivity index (χ2v) is 4.72. The van der Waals surface area contributed by atoms with Crippen LogP contribution in [0.15, 0.2) is 24.3 Å². The number of hydrogen-bond donors (Lipinski definition) is 2. The maximum atomic E-state index is 12.5. The summed E-state index contributed by atoms with van der Waals surface area (Å²) < 4.78 is 12.5. The molecule has 2 N–H and O–H groups in total. The number of benzene rings is 1. The van der Waals surface area contributed by atoms with E-state index in [9.17, 15) is 18.8 Å². The fraction of sp³-hybridized carbons (Fsp3) is 0.357. The number of hydrogen-bond acceptors (Lipinski definition) is 3. The molecule has 0 aliphatic carbocycles. The molecule has 2 rings (SSSR count). The lowest BCUT2D eigenvalue weighted by atomic mass is 10.1. The van der Waals surface area contributed by atoms with Crippen LogP contribution in [0.5, 0.6) is 0 Å². The number of rotatable bonds is 5. The topological polar surface area (TPSA) is 86.7 Å². The van der Waals surface area contributed by atoms with Gasteiger partial charge in [0.1, 0.15) is 6.67 Å². The van der Waals surface area contributed by atoms with Crippen LogP contribution in [-0.2, 0) is 9.59 Å². The van der Waals surface area contributed by atoms with Crippen LogP contribution in [0.3, 0.4) is 0 Å². The summed E-state index contributed by atoms with van der Waals surface area (Å²) in [5.41, 5.74) is 0.768. The number of nitrogens with zero attached hydrogens (tertiary/aromatic N) is 1. The number of carboxylic acid groups (broad SMARTS) is 1. The molecule has 112 valence electrons. The summed E-state index contributed by atoms with van der Waals surface area (Å²) in [7, 11) is 0. The highest BCUT2D eigenvalue weighted by Gasteiger charge is 2.24. The van der Waals surface area contributed by atoms with E-state index >= 15 is 0 Å². The molecule has 21 heavy (non-hydrogen) atoms. The number of nitrogens with one attached hydrogen (secondary N) is 1. The second-order valence-electron chi connectivity index (χ2n) is 4.72. The predicted octanol–water partition coefficient (Wildman–Crippen LogP) is 0.966. The lowest BCUT2D eigenvalue weighted by Gasteiger charge is -2.17. The third kappa shape index (κ3) is 3.36. The van der Waals surface area contributed by atoms with E-state index in [-0.39, 0.29) is 11.5 Å². The normalized spacial score (nSPS) is 15.9. The zero-order valence-corrected chi connectivity index (χ0v) is 11.2. The molecular weight excluding hydrogens is 279 g/mol. The summed E-state index contributed by atoms with van der Waals surface area (Å²) in [6, 6.07) is 4.70. The molecule has 1 aromatic carbocycles. The van der Waals surface area contributed by atoms with Gasteiger partial charge < -0.3 is 15.3 Å². The highest BCUT2D eigenvalue weighted by Crippen LogP contribution is 2.22. The summed E-state index contributed by atoms with van der Waals surface area (Å²) in [4.78, 5) is 35.9. The predicted molar refractivity (Wildman–Crippen MR) is 72.9 cm³/mol. The Kier molecular flexibility index (Phi) is 4.52. The molecule has 1 aliphatic heterocycles. The molecule has 1 heterocycles. The Labute approximate surface area is 120 Å². The fourth-order valence-electron chi connectivity index (χ4n) is 2.14. The Balaban J connectivity index is 2.15. The molecule has 1 aromatic rings. The van der Waals surface area contributed by atoms with E-state index in [0.29, 0.717) is 18.7 Å². The fourth-order valence-corrected chi connectivity index (χ4v) is 2.14. The van der Waals surface area contributed by atoms with Crippen molar-refractivity contribution in [3.8, 4) is 0 Å². The van der Waals surface area contributed by atoms with Crippen molar-refractivity contribution in [2.45, 2.75) is 18.9 Å². The molecule has 1 fully saturated rings. The molecule has 0 bridgehead atoms. The zero-order chi connectivity index (χ0) is 15.4. The van der Waals surface area contributed by atoms with Crippen LogP contribution in [0.1, 0.15) is 23.2 Å². The van der Waals surface area contributed by atoms with Gasteiger partial charge in [-0.25, -0.2) is 9.18 Å². The average Bonchev–Trinajstić information content (AvgIpc) is 2.90. The number of halogens is 1. The number of amides is 2. The third-order valence-electron chi connectivity index (χ3n) is 3.25. The quantitative estimate of drug-likeness (QED) is 0.847. The molecule has 0 aromatic heterocycles. The Hall–Kier alpha value is -2.44. The first-order chi connectivity index (χ1) is 10.0. The Bertz CT molecular complexity index is 576. The highest BCUT2D eigenvalue weighted by atomic mass is 19.1. The number of aliphatic carboxylic acids is 1. The maximum Gasteiger partial charge on any atom is 0.328 e. The molecule has 6 nitrogen and oxygen atoms in total. The molecule has 2 amide bonds. The number of carboxylic acids is 1. The summed E-state index contributed by atoms with van der Waals surface area (Å²) in [6.07, 6.45) is 1.23. The molecule has 7 heteroatoms. The Morgan fingerprint density at radius 1 is 1.43 bits per heavy atom. The van der Waals surface area contributed by atoms with Crippen molar-refractivity contribution in [2.24, 2.45) is 0 Å². The van der Waals surface area contributed by atoms with E-state index in [2.05, 4.69) is 5.32 Å². The van der Waals surface area contributed by atoms with E-state index in [0.717, 1.165) is 6.42 Å². The van der Waals surface area contributed by atoms with Crippen LogP contribution >= 0.6 is 0 Å². The molecular formula is C14H15FN2O4. The van der Waals surface area contributed by atoms with Gasteiger partial charge in [0.15, 0.2) is 6.04 Å². The van der Waals surface area contributed by atoms with Crippen molar-refractivity contribution in [1.82, 2.24) is 5.32 Å². The molecule has 0 spiro atoms. The number of carbonyl (C=O) groups excluding carboxylic acids is 2. The van der Waals surface area contributed by atoms with Crippen molar-refractivity contribution in [2.75, 3.05) is 18.1 Å². The summed E-state index contributed by atoms with van der Waals surface area (Å²) in [5, 5.41) is 10.8. The largest absolute Gasteiger partial charge is 0.480 e. The zero-order valence-electron chi connectivity index (χ0n) is 11.2. The summed E-state index contributed by atoms with van der Waals surface area (Å²) in [6.45, 7) is -0.600. The van der Waals surface area contributed by atoms with E-state index < -0.39 is 24.6 Å². The molecule has 1 aliphatic rings. The molecule has 1 atom stereocenters. The van der Waals surface area contributed by atoms with Gasteiger partial charge in [0.05, 0.1) is 0 Å². The number of alkyl halides is 1. The Morgan fingerprint density at radius 2 is 2.19 bits per heavy atom. The summed E-state index contributed by atoms with van der Waals surface area (Å²) in [5.74, 6) is -2.13. The van der Waals surface area contributed by atoms with E-state index in [1.54, 1.807) is 17.0 Å². The number of anilines is 1. The van der Waals surface area contributed by atoms with Crippen LogP contribution in [0.2, 0.25) is 0 Å². The average molecular weight is 294 g/mol. The van der Waals surface area contributed by atoms with Crippen molar-refractivity contribution in [1.29, 1.82) is 0 Å². The smallest absolute Gasteiger partial charge is 0.328 e. The van der Waals surface area contributed by atoms with Crippen LogP contribution in [0, 0.1) is 0 Å². The van der Waals surface area contributed by atoms with Gasteiger partial charge in [0, 0.05) is 24.2 Å². The van der Waals surface area contributed by atoms with Gasteiger partial charge in [-0.05, 0) is 24.6 Å². The first kappa shape index (κ1) is 15.0. The van der Waals surface area contributed by atoms with Crippen LogP contribution < -0.4 is 10.2 Å². The van der Waals surface area contributed by atoms with Crippen LogP contribution in [0.4, 0.5) is 10.1 Å². The van der Waals surface area contributed by atoms with Crippen molar-refractivity contribution < 1.29 is 23.9 Å². The van der Waals surface area contributed by atoms with E-state index in [1.165, 1.54) is 12.1 Å². The van der Waals surface area contributed by atoms with Crippen molar-refractivity contribution >= 4 is 23.5 Å². The second kappa shape index (κ2) is 6.34. The molecule has 1 unspecified atom stereocenters. The van der Waals surface area contributed by atoms with Crippen molar-refractivity contribution in [3.05, 3.63) is 29.8 Å². The minimum Gasteiger partial charge on any atom is -0.480 e. The van der Waals surface area contributed by atoms with Gasteiger partial charge >= 0.3 is 5.97 Å². The lowest BCUT2D eigenvalue weighted by Crippen LogP contribution is -2.42. The van der Waals surface area contributed by atoms with Gasteiger partial charge in [-0.2, -0.15) is 0 Å². The minimum atomic E-state index is -1.57. The van der Waals surface area contributed by atoms with Crippen LogP contribution in [0.25, 0.3) is 0 Å². The first-order valence-electron chi connectivity index (χ1n) is 6.53. The third-order valence-corrected chi connectivity index (χ3v) is 3.25. The molecule has 0 radical (unpaired) electrons. The van der Waals surface area contributed by atoms with Gasteiger partial charge in [-0.1, -0.05) is 6.07 Å². The monoisotopic (exact) mass is 294 g/mol. The first-order valence-corrected chi connectivity index (χ1v) is 6.53. The lowest BCUT2D eigenvalue weighted by molar-refractivity contribution is -0.139. The van der Waals surface area contributed by atoms with Gasteiger partial charge in [-0.15, -0.1) is 0 Å². The minimum absolute atomic E-state index is 0.0141. The van der Waals surface area contributed by atoms with Gasteiger partial charge in [0.2, 0.25) is 5.91 Å². The van der Waals surface area contributed by atoms with E-state index in [4.69, 9.17) is 5.11 Å². The molecule has 0 saturated carbocycles.